The first-order valence-electron chi connectivity index (χ1n) is 7.04. The maximum absolute atomic E-state index is 12.9. The molecule has 0 radical (unpaired) electrons. The Balaban J connectivity index is 3.37. The number of benzene rings is 1. The quantitative estimate of drug-likeness (QED) is 0.829. The van der Waals surface area contributed by atoms with Crippen molar-refractivity contribution in [2.75, 3.05) is 14.1 Å². The van der Waals surface area contributed by atoms with E-state index in [9.17, 15) is 8.42 Å². The van der Waals surface area contributed by atoms with E-state index in [1.54, 1.807) is 13.1 Å². The summed E-state index contributed by atoms with van der Waals surface area (Å²) in [5.74, 6) is 0.258. The fraction of sp³-hybridized carbons (Fsp3) is 0.600. The van der Waals surface area contributed by atoms with Crippen LogP contribution in [0.4, 0.5) is 0 Å². The molecule has 1 unspecified atom stereocenters. The fourth-order valence-corrected chi connectivity index (χ4v) is 4.50. The molecule has 0 heterocycles. The number of nitrogens with zero attached hydrogens (tertiary/aromatic N) is 1. The van der Waals surface area contributed by atoms with Gasteiger partial charge in [-0.05, 0) is 50.1 Å². The van der Waals surface area contributed by atoms with Crippen LogP contribution in [0.15, 0.2) is 21.5 Å². The van der Waals surface area contributed by atoms with Crippen molar-refractivity contribution < 1.29 is 8.42 Å². The van der Waals surface area contributed by atoms with E-state index in [1.165, 1.54) is 4.31 Å². The molecule has 0 bridgehead atoms. The van der Waals surface area contributed by atoms with E-state index in [4.69, 9.17) is 0 Å². The molecule has 21 heavy (non-hydrogen) atoms. The van der Waals surface area contributed by atoms with Gasteiger partial charge in [0.1, 0.15) is 0 Å². The van der Waals surface area contributed by atoms with Crippen LogP contribution in [0.25, 0.3) is 0 Å². The predicted octanol–water partition coefficient (Wildman–Crippen LogP) is 3.14. The van der Waals surface area contributed by atoms with Crippen molar-refractivity contribution in [1.29, 1.82) is 0 Å². The van der Waals surface area contributed by atoms with Gasteiger partial charge in [0.05, 0.1) is 4.90 Å². The van der Waals surface area contributed by atoms with Gasteiger partial charge < -0.3 is 5.32 Å². The maximum atomic E-state index is 12.9. The highest BCUT2D eigenvalue weighted by molar-refractivity contribution is 9.10. The summed E-state index contributed by atoms with van der Waals surface area (Å²) in [4.78, 5) is 0.372. The van der Waals surface area contributed by atoms with Crippen molar-refractivity contribution in [3.8, 4) is 0 Å². The summed E-state index contributed by atoms with van der Waals surface area (Å²) in [6, 6.07) is 3.66. The van der Waals surface area contributed by atoms with Crippen LogP contribution in [0, 0.1) is 12.8 Å². The van der Waals surface area contributed by atoms with Crippen LogP contribution in [-0.4, -0.2) is 32.9 Å². The monoisotopic (exact) mass is 376 g/mol. The lowest BCUT2D eigenvalue weighted by Gasteiger charge is -2.28. The molecule has 1 rings (SSSR count). The molecule has 0 aliphatic heterocycles. The molecule has 0 fully saturated rings. The summed E-state index contributed by atoms with van der Waals surface area (Å²) in [5.41, 5.74) is 1.69. The topological polar surface area (TPSA) is 49.4 Å². The van der Waals surface area contributed by atoms with Crippen LogP contribution in [-0.2, 0) is 16.6 Å². The average Bonchev–Trinajstić information content (AvgIpc) is 2.40. The highest BCUT2D eigenvalue weighted by Crippen LogP contribution is 2.29. The van der Waals surface area contributed by atoms with Crippen molar-refractivity contribution >= 4 is 26.0 Å². The minimum atomic E-state index is -3.50. The van der Waals surface area contributed by atoms with Crippen LogP contribution in [0.5, 0.6) is 0 Å². The Morgan fingerprint density at radius 3 is 2.33 bits per heavy atom. The lowest BCUT2D eigenvalue weighted by Crippen LogP contribution is -2.38. The second-order valence-electron chi connectivity index (χ2n) is 5.74. The summed E-state index contributed by atoms with van der Waals surface area (Å²) in [6.07, 6.45) is 0. The van der Waals surface area contributed by atoms with Crippen LogP contribution in [0.1, 0.15) is 31.9 Å². The van der Waals surface area contributed by atoms with Gasteiger partial charge in [0, 0.05) is 24.1 Å². The van der Waals surface area contributed by atoms with Crippen LogP contribution in [0.2, 0.25) is 0 Å². The second-order valence-corrected chi connectivity index (χ2v) is 8.56. The largest absolute Gasteiger partial charge is 0.316 e. The Bertz CT molecular complexity index is 600. The molecule has 1 N–H and O–H groups in total. The minimum Gasteiger partial charge on any atom is -0.316 e. The van der Waals surface area contributed by atoms with Gasteiger partial charge in [-0.3, -0.25) is 0 Å². The van der Waals surface area contributed by atoms with Crippen LogP contribution < -0.4 is 5.32 Å². The number of halogens is 1. The van der Waals surface area contributed by atoms with Gasteiger partial charge in [0.2, 0.25) is 10.0 Å². The maximum Gasteiger partial charge on any atom is 0.243 e. The van der Waals surface area contributed by atoms with E-state index in [-0.39, 0.29) is 12.0 Å². The average molecular weight is 377 g/mol. The van der Waals surface area contributed by atoms with E-state index >= 15 is 0 Å². The summed E-state index contributed by atoms with van der Waals surface area (Å²) in [5, 5.41) is 3.05. The summed E-state index contributed by atoms with van der Waals surface area (Å²) in [6.45, 7) is 8.44. The normalized spacial score (nSPS) is 14.0. The molecule has 0 aliphatic rings. The van der Waals surface area contributed by atoms with E-state index in [0.29, 0.717) is 11.4 Å². The Kier molecular flexibility index (Phi) is 6.40. The van der Waals surface area contributed by atoms with Crippen LogP contribution in [0.3, 0.4) is 0 Å². The number of hydrogen-bond donors (Lipinski definition) is 1. The summed E-state index contributed by atoms with van der Waals surface area (Å²) < 4.78 is 28.1. The fourth-order valence-electron chi connectivity index (χ4n) is 2.08. The lowest BCUT2D eigenvalue weighted by molar-refractivity contribution is 0.315. The standard InChI is InChI=1S/C15H25BrN2O2S/c1-10(2)12(4)18(6)21(19,20)15-8-13(9-17-5)7-14(16)11(15)3/h7-8,10,12,17H,9H2,1-6H3. The molecule has 1 aromatic rings. The molecule has 6 heteroatoms. The van der Waals surface area contributed by atoms with Crippen molar-refractivity contribution in [1.82, 2.24) is 9.62 Å². The van der Waals surface area contributed by atoms with E-state index in [1.807, 2.05) is 40.8 Å². The minimum absolute atomic E-state index is 0.0545. The SMILES string of the molecule is CNCc1cc(Br)c(C)c(S(=O)(=O)N(C)C(C)C(C)C)c1. The third-order valence-corrected chi connectivity index (χ3v) is 6.83. The van der Waals surface area contributed by atoms with Crippen molar-refractivity contribution in [3.63, 3.8) is 0 Å². The molecule has 120 valence electrons. The first-order chi connectivity index (χ1) is 9.62. The van der Waals surface area contributed by atoms with Gasteiger partial charge in [0.15, 0.2) is 0 Å². The molecule has 0 saturated heterocycles. The van der Waals surface area contributed by atoms with E-state index < -0.39 is 10.0 Å². The Labute approximate surface area is 137 Å². The highest BCUT2D eigenvalue weighted by Gasteiger charge is 2.29. The molecule has 4 nitrogen and oxygen atoms in total. The van der Waals surface area contributed by atoms with Crippen molar-refractivity contribution in [2.45, 2.75) is 45.2 Å². The molecule has 1 aromatic carbocycles. The Hall–Kier alpha value is -0.430. The highest BCUT2D eigenvalue weighted by atomic mass is 79.9. The molecule has 0 aliphatic carbocycles. The first-order valence-corrected chi connectivity index (χ1v) is 9.27. The van der Waals surface area contributed by atoms with Gasteiger partial charge in [-0.25, -0.2) is 8.42 Å². The first kappa shape index (κ1) is 18.6. The Morgan fingerprint density at radius 1 is 1.29 bits per heavy atom. The summed E-state index contributed by atoms with van der Waals surface area (Å²) in [7, 11) is -0.00863. The van der Waals surface area contributed by atoms with Crippen molar-refractivity contribution in [2.24, 2.45) is 5.92 Å². The van der Waals surface area contributed by atoms with Crippen molar-refractivity contribution in [3.05, 3.63) is 27.7 Å². The summed E-state index contributed by atoms with van der Waals surface area (Å²) >= 11 is 3.46. The second kappa shape index (κ2) is 7.22. The molecule has 0 aromatic heterocycles. The van der Waals surface area contributed by atoms with E-state index in [0.717, 1.165) is 15.6 Å². The molecular weight excluding hydrogens is 352 g/mol. The smallest absolute Gasteiger partial charge is 0.243 e. The Morgan fingerprint density at radius 2 is 1.86 bits per heavy atom. The molecule has 0 saturated carbocycles. The zero-order chi connectivity index (χ0) is 16.4. The zero-order valence-corrected chi connectivity index (χ0v) is 16.0. The third-order valence-electron chi connectivity index (χ3n) is 3.93. The van der Waals surface area contributed by atoms with Gasteiger partial charge in [-0.1, -0.05) is 29.8 Å². The van der Waals surface area contributed by atoms with Gasteiger partial charge in [-0.2, -0.15) is 4.31 Å². The zero-order valence-electron chi connectivity index (χ0n) is 13.6. The molecule has 0 spiro atoms. The van der Waals surface area contributed by atoms with E-state index in [2.05, 4.69) is 21.2 Å². The third kappa shape index (κ3) is 4.06. The molecule has 0 amide bonds. The molecule has 1 atom stereocenters. The number of hydrogen-bond acceptors (Lipinski definition) is 3. The van der Waals surface area contributed by atoms with Gasteiger partial charge in [0.25, 0.3) is 0 Å². The van der Waals surface area contributed by atoms with Gasteiger partial charge in [-0.15, -0.1) is 0 Å². The predicted molar refractivity (Wildman–Crippen MR) is 90.9 cm³/mol. The van der Waals surface area contributed by atoms with Crippen LogP contribution >= 0.6 is 15.9 Å². The number of nitrogens with one attached hydrogen (secondary N) is 1. The lowest BCUT2D eigenvalue weighted by atomic mass is 10.1. The number of rotatable bonds is 6. The number of sulfonamides is 1. The molecular formula is C15H25BrN2O2S. The van der Waals surface area contributed by atoms with Gasteiger partial charge >= 0.3 is 0 Å².